The van der Waals surface area contributed by atoms with Gasteiger partial charge in [0.05, 0.1) is 17.2 Å². The van der Waals surface area contributed by atoms with Crippen LogP contribution >= 0.6 is 22.9 Å². The van der Waals surface area contributed by atoms with E-state index < -0.39 is 0 Å². The van der Waals surface area contributed by atoms with E-state index in [1.54, 1.807) is 18.4 Å². The van der Waals surface area contributed by atoms with Crippen LogP contribution in [-0.2, 0) is 16.7 Å². The summed E-state index contributed by atoms with van der Waals surface area (Å²) in [5.74, 6) is 0.790. The Kier molecular flexibility index (Phi) is 6.73. The van der Waals surface area contributed by atoms with Crippen molar-refractivity contribution in [2.24, 2.45) is 4.99 Å². The first-order chi connectivity index (χ1) is 13.0. The maximum atomic E-state index is 6.54. The number of aliphatic imine (C=N–C) groups is 1. The Labute approximate surface area is 170 Å². The molecule has 1 aromatic heterocycles. The summed E-state index contributed by atoms with van der Waals surface area (Å²) in [4.78, 5) is 10.1. The van der Waals surface area contributed by atoms with Crippen molar-refractivity contribution in [1.82, 2.24) is 15.6 Å². The van der Waals surface area contributed by atoms with Crippen LogP contribution in [0.25, 0.3) is 0 Å². The molecule has 1 aliphatic heterocycles. The van der Waals surface area contributed by atoms with E-state index in [4.69, 9.17) is 16.3 Å². The van der Waals surface area contributed by atoms with Gasteiger partial charge in [0.2, 0.25) is 0 Å². The van der Waals surface area contributed by atoms with Crippen LogP contribution in [0, 0.1) is 13.8 Å². The highest BCUT2D eigenvalue weighted by molar-refractivity contribution is 7.11. The zero-order valence-corrected chi connectivity index (χ0v) is 17.7. The van der Waals surface area contributed by atoms with E-state index in [1.165, 1.54) is 10.4 Å². The molecule has 2 N–H and O–H groups in total. The molecule has 1 aliphatic rings. The Morgan fingerprint density at radius 3 is 2.63 bits per heavy atom. The number of guanidine groups is 1. The summed E-state index contributed by atoms with van der Waals surface area (Å²) >= 11 is 8.26. The van der Waals surface area contributed by atoms with Crippen molar-refractivity contribution in [2.75, 3.05) is 26.8 Å². The molecule has 1 saturated heterocycles. The van der Waals surface area contributed by atoms with E-state index in [0.717, 1.165) is 60.8 Å². The fourth-order valence-electron chi connectivity index (χ4n) is 3.57. The van der Waals surface area contributed by atoms with Crippen molar-refractivity contribution < 1.29 is 4.74 Å². The second-order valence-electron chi connectivity index (χ2n) is 6.89. The summed E-state index contributed by atoms with van der Waals surface area (Å²) in [6, 6.07) is 8.14. The maximum absolute atomic E-state index is 6.54. The normalized spacial score (nSPS) is 17.0. The maximum Gasteiger partial charge on any atom is 0.191 e. The fourth-order valence-corrected chi connectivity index (χ4v) is 4.78. The molecule has 0 spiro atoms. The van der Waals surface area contributed by atoms with Crippen molar-refractivity contribution >= 4 is 28.9 Å². The first-order valence-corrected chi connectivity index (χ1v) is 10.4. The van der Waals surface area contributed by atoms with Gasteiger partial charge in [0, 0.05) is 42.1 Å². The van der Waals surface area contributed by atoms with E-state index >= 15 is 0 Å². The highest BCUT2D eigenvalue weighted by atomic mass is 35.5. The third-order valence-electron chi connectivity index (χ3n) is 5.13. The van der Waals surface area contributed by atoms with Crippen molar-refractivity contribution in [1.29, 1.82) is 0 Å². The van der Waals surface area contributed by atoms with Gasteiger partial charge in [-0.3, -0.25) is 4.99 Å². The predicted octanol–water partition coefficient (Wildman–Crippen LogP) is 3.83. The van der Waals surface area contributed by atoms with Crippen LogP contribution in [0.3, 0.4) is 0 Å². The summed E-state index contributed by atoms with van der Waals surface area (Å²) in [5, 5.41) is 8.83. The van der Waals surface area contributed by atoms with E-state index in [9.17, 15) is 0 Å². The molecular formula is C20H27ClN4OS. The van der Waals surface area contributed by atoms with Crippen LogP contribution in [0.2, 0.25) is 5.02 Å². The van der Waals surface area contributed by atoms with Crippen LogP contribution in [0.1, 0.15) is 34.0 Å². The minimum Gasteiger partial charge on any atom is -0.381 e. The van der Waals surface area contributed by atoms with Gasteiger partial charge in [-0.1, -0.05) is 29.8 Å². The van der Waals surface area contributed by atoms with Crippen molar-refractivity contribution in [2.45, 2.75) is 38.6 Å². The van der Waals surface area contributed by atoms with Crippen LogP contribution in [0.4, 0.5) is 0 Å². The number of halogens is 1. The monoisotopic (exact) mass is 406 g/mol. The molecule has 27 heavy (non-hydrogen) atoms. The van der Waals surface area contributed by atoms with Crippen LogP contribution in [-0.4, -0.2) is 37.7 Å². The number of ether oxygens (including phenoxy) is 1. The molecule has 2 heterocycles. The summed E-state index contributed by atoms with van der Waals surface area (Å²) < 4.78 is 5.62. The number of aromatic nitrogens is 1. The molecule has 7 heteroatoms. The number of aryl methyl sites for hydroxylation is 2. The van der Waals surface area contributed by atoms with E-state index in [2.05, 4.69) is 32.7 Å². The largest absolute Gasteiger partial charge is 0.381 e. The van der Waals surface area contributed by atoms with Gasteiger partial charge in [-0.05, 0) is 38.3 Å². The van der Waals surface area contributed by atoms with E-state index in [1.807, 2.05) is 26.0 Å². The Hall–Kier alpha value is -1.63. The number of nitrogens with one attached hydrogen (secondary N) is 2. The van der Waals surface area contributed by atoms with Crippen molar-refractivity contribution in [3.05, 3.63) is 50.4 Å². The Morgan fingerprint density at radius 2 is 2.00 bits per heavy atom. The number of hydrogen-bond acceptors (Lipinski definition) is 4. The molecule has 0 radical (unpaired) electrons. The average Bonchev–Trinajstić information content (AvgIpc) is 3.00. The minimum absolute atomic E-state index is 0.0504. The lowest BCUT2D eigenvalue weighted by Crippen LogP contribution is -2.48. The highest BCUT2D eigenvalue weighted by Crippen LogP contribution is 2.38. The lowest BCUT2D eigenvalue weighted by Gasteiger charge is -2.38. The van der Waals surface area contributed by atoms with Crippen molar-refractivity contribution in [3.63, 3.8) is 0 Å². The van der Waals surface area contributed by atoms with Crippen molar-refractivity contribution in [3.8, 4) is 0 Å². The van der Waals surface area contributed by atoms with Gasteiger partial charge in [0.1, 0.15) is 0 Å². The second-order valence-corrected chi connectivity index (χ2v) is 8.59. The number of benzene rings is 1. The molecule has 0 amide bonds. The molecule has 3 rings (SSSR count). The number of rotatable bonds is 5. The molecular weight excluding hydrogens is 380 g/mol. The van der Waals surface area contributed by atoms with Gasteiger partial charge in [0.15, 0.2) is 5.96 Å². The SMILES string of the molecule is CN=C(NCc1sc(C)nc1C)NCC1(c2ccccc2Cl)CCOCC1. The molecule has 146 valence electrons. The van der Waals surface area contributed by atoms with Gasteiger partial charge in [-0.2, -0.15) is 0 Å². The van der Waals surface area contributed by atoms with Gasteiger partial charge in [-0.15, -0.1) is 11.3 Å². The lowest BCUT2D eigenvalue weighted by atomic mass is 9.74. The molecule has 0 bridgehead atoms. The Balaban J connectivity index is 1.69. The first-order valence-electron chi connectivity index (χ1n) is 9.24. The van der Waals surface area contributed by atoms with Gasteiger partial charge >= 0.3 is 0 Å². The molecule has 0 atom stereocenters. The molecule has 0 saturated carbocycles. The van der Waals surface area contributed by atoms with E-state index in [-0.39, 0.29) is 5.41 Å². The molecule has 5 nitrogen and oxygen atoms in total. The molecule has 0 unspecified atom stereocenters. The Bertz CT molecular complexity index is 799. The number of nitrogens with zero attached hydrogens (tertiary/aromatic N) is 2. The summed E-state index contributed by atoms with van der Waals surface area (Å²) in [7, 11) is 1.80. The fraction of sp³-hybridized carbons (Fsp3) is 0.500. The van der Waals surface area contributed by atoms with Crippen LogP contribution < -0.4 is 10.6 Å². The van der Waals surface area contributed by atoms with Gasteiger partial charge in [0.25, 0.3) is 0 Å². The zero-order valence-electron chi connectivity index (χ0n) is 16.1. The standard InChI is InChI=1S/C20H27ClN4OS/c1-14-18(27-15(2)25-14)12-23-19(22-3)24-13-20(8-10-26-11-9-20)16-6-4-5-7-17(16)21/h4-7H,8-13H2,1-3H3,(H2,22,23,24). The molecule has 0 aliphatic carbocycles. The average molecular weight is 407 g/mol. The summed E-state index contributed by atoms with van der Waals surface area (Å²) in [6.45, 7) is 7.06. The highest BCUT2D eigenvalue weighted by Gasteiger charge is 2.36. The zero-order chi connectivity index (χ0) is 19.3. The number of thiazole rings is 1. The quantitative estimate of drug-likeness (QED) is 0.585. The topological polar surface area (TPSA) is 58.5 Å². The number of hydrogen-bond donors (Lipinski definition) is 2. The smallest absolute Gasteiger partial charge is 0.191 e. The van der Waals surface area contributed by atoms with E-state index in [0.29, 0.717) is 0 Å². The first kappa shape index (κ1) is 20.1. The molecule has 2 aromatic rings. The predicted molar refractivity (Wildman–Crippen MR) is 113 cm³/mol. The Morgan fingerprint density at radius 1 is 1.26 bits per heavy atom. The van der Waals surface area contributed by atoms with Gasteiger partial charge < -0.3 is 15.4 Å². The van der Waals surface area contributed by atoms with Crippen LogP contribution in [0.15, 0.2) is 29.3 Å². The van der Waals surface area contributed by atoms with Crippen LogP contribution in [0.5, 0.6) is 0 Å². The lowest BCUT2D eigenvalue weighted by molar-refractivity contribution is 0.0514. The van der Waals surface area contributed by atoms with Gasteiger partial charge in [-0.25, -0.2) is 4.98 Å². The second kappa shape index (κ2) is 9.04. The molecule has 1 fully saturated rings. The minimum atomic E-state index is -0.0504. The third-order valence-corrected chi connectivity index (χ3v) is 6.53. The summed E-state index contributed by atoms with van der Waals surface area (Å²) in [5.41, 5.74) is 2.22. The summed E-state index contributed by atoms with van der Waals surface area (Å²) in [6.07, 6.45) is 1.88. The molecule has 1 aromatic carbocycles. The third kappa shape index (κ3) is 4.81.